The molecule has 80 valence electrons. The zero-order chi connectivity index (χ0) is 10.7. The molecule has 0 spiro atoms. The first-order valence-corrected chi connectivity index (χ1v) is 5.44. The maximum atomic E-state index is 3.56. The lowest BCUT2D eigenvalue weighted by molar-refractivity contribution is 0.202. The van der Waals surface area contributed by atoms with Gasteiger partial charge in [0, 0.05) is 5.54 Å². The van der Waals surface area contributed by atoms with Crippen LogP contribution in [-0.2, 0) is 0 Å². The number of rotatable bonds is 4. The van der Waals surface area contributed by atoms with Crippen molar-refractivity contribution < 1.29 is 0 Å². The lowest BCUT2D eigenvalue weighted by Gasteiger charge is -2.33. The molecule has 0 amide bonds. The van der Waals surface area contributed by atoms with Crippen molar-refractivity contribution in [1.29, 1.82) is 0 Å². The Hall–Kier alpha value is -0.0400. The molecular weight excluding hydrogens is 158 g/mol. The summed E-state index contributed by atoms with van der Waals surface area (Å²) in [5, 5.41) is 3.56. The third-order valence-electron chi connectivity index (χ3n) is 3.18. The van der Waals surface area contributed by atoms with Crippen molar-refractivity contribution in [3.63, 3.8) is 0 Å². The Bertz CT molecular complexity index is 142. The van der Waals surface area contributed by atoms with Crippen molar-refractivity contribution in [3.05, 3.63) is 0 Å². The topological polar surface area (TPSA) is 12.0 Å². The predicted molar refractivity (Wildman–Crippen MR) is 61.0 cm³/mol. The van der Waals surface area contributed by atoms with Crippen LogP contribution in [0.4, 0.5) is 0 Å². The first-order valence-electron chi connectivity index (χ1n) is 5.44. The van der Waals surface area contributed by atoms with Gasteiger partial charge in [0.25, 0.3) is 0 Å². The Balaban J connectivity index is 3.95. The maximum Gasteiger partial charge on any atom is 0.00966 e. The van der Waals surface area contributed by atoms with E-state index in [4.69, 9.17) is 0 Å². The molecule has 0 aliphatic carbocycles. The Morgan fingerprint density at radius 2 is 1.54 bits per heavy atom. The fourth-order valence-electron chi connectivity index (χ4n) is 1.08. The van der Waals surface area contributed by atoms with Gasteiger partial charge in [0.05, 0.1) is 0 Å². The summed E-state index contributed by atoms with van der Waals surface area (Å²) in [5.41, 5.74) is 0.705. The summed E-state index contributed by atoms with van der Waals surface area (Å²) >= 11 is 0. The predicted octanol–water partition coefficient (Wildman–Crippen LogP) is 3.45. The third kappa shape index (κ3) is 5.30. The zero-order valence-corrected chi connectivity index (χ0v) is 10.5. The molecule has 0 aromatic carbocycles. The van der Waals surface area contributed by atoms with Gasteiger partial charge >= 0.3 is 0 Å². The molecule has 0 rings (SSSR count). The Labute approximate surface area is 84.3 Å². The van der Waals surface area contributed by atoms with Gasteiger partial charge in [0.1, 0.15) is 0 Å². The van der Waals surface area contributed by atoms with E-state index in [2.05, 4.69) is 53.8 Å². The number of hydrogen-bond donors (Lipinski definition) is 1. The van der Waals surface area contributed by atoms with E-state index < -0.39 is 0 Å². The molecule has 0 aliphatic heterocycles. The maximum absolute atomic E-state index is 3.56. The van der Waals surface area contributed by atoms with E-state index in [1.165, 1.54) is 6.42 Å². The van der Waals surface area contributed by atoms with E-state index >= 15 is 0 Å². The van der Waals surface area contributed by atoms with E-state index in [1.807, 2.05) is 0 Å². The normalized spacial score (nSPS) is 15.9. The van der Waals surface area contributed by atoms with Crippen LogP contribution in [0.25, 0.3) is 0 Å². The fraction of sp³-hybridized carbons (Fsp3) is 1.00. The Morgan fingerprint density at radius 1 is 1.08 bits per heavy atom. The average Bonchev–Trinajstić information content (AvgIpc) is 1.98. The first kappa shape index (κ1) is 13.0. The second-order valence-corrected chi connectivity index (χ2v) is 5.87. The highest BCUT2D eigenvalue weighted by molar-refractivity contribution is 4.79. The summed E-state index contributed by atoms with van der Waals surface area (Å²) in [6.07, 6.45) is 1.25. The summed E-state index contributed by atoms with van der Waals surface area (Å²) in [4.78, 5) is 0. The van der Waals surface area contributed by atoms with Crippen LogP contribution in [0.1, 0.15) is 54.9 Å². The molecule has 1 unspecified atom stereocenters. The highest BCUT2D eigenvalue weighted by Gasteiger charge is 2.24. The minimum atomic E-state index is 0.248. The zero-order valence-electron chi connectivity index (χ0n) is 10.5. The van der Waals surface area contributed by atoms with Crippen LogP contribution in [0, 0.1) is 11.3 Å². The fourth-order valence-corrected chi connectivity index (χ4v) is 1.08. The van der Waals surface area contributed by atoms with Gasteiger partial charge in [-0.2, -0.15) is 0 Å². The largest absolute Gasteiger partial charge is 0.312 e. The lowest BCUT2D eigenvalue weighted by Crippen LogP contribution is -2.41. The lowest BCUT2D eigenvalue weighted by atomic mass is 9.77. The van der Waals surface area contributed by atoms with E-state index in [0.29, 0.717) is 5.41 Å². The quantitative estimate of drug-likeness (QED) is 0.707. The average molecular weight is 185 g/mol. The highest BCUT2D eigenvalue weighted by atomic mass is 14.9. The standard InChI is InChI=1S/C12H27N/c1-8-12(6,7)10(2)9-13-11(3,4)5/h10,13H,8-9H2,1-7H3. The van der Waals surface area contributed by atoms with Gasteiger partial charge in [-0.25, -0.2) is 0 Å². The molecular formula is C12H27N. The summed E-state index contributed by atoms with van der Waals surface area (Å²) in [6, 6.07) is 0. The van der Waals surface area contributed by atoms with Gasteiger partial charge < -0.3 is 5.32 Å². The van der Waals surface area contributed by atoms with E-state index in [0.717, 1.165) is 12.5 Å². The third-order valence-corrected chi connectivity index (χ3v) is 3.18. The molecule has 0 radical (unpaired) electrons. The Morgan fingerprint density at radius 3 is 1.85 bits per heavy atom. The van der Waals surface area contributed by atoms with Crippen LogP contribution in [0.15, 0.2) is 0 Å². The van der Waals surface area contributed by atoms with Crippen LogP contribution in [-0.4, -0.2) is 12.1 Å². The van der Waals surface area contributed by atoms with Crippen LogP contribution in [0.5, 0.6) is 0 Å². The summed E-state index contributed by atoms with van der Waals surface area (Å²) < 4.78 is 0. The molecule has 1 N–H and O–H groups in total. The monoisotopic (exact) mass is 185 g/mol. The summed E-state index contributed by atoms with van der Waals surface area (Å²) in [7, 11) is 0. The van der Waals surface area contributed by atoms with Crippen molar-refractivity contribution >= 4 is 0 Å². The minimum Gasteiger partial charge on any atom is -0.312 e. The van der Waals surface area contributed by atoms with E-state index in [-0.39, 0.29) is 5.54 Å². The van der Waals surface area contributed by atoms with Crippen molar-refractivity contribution in [1.82, 2.24) is 5.32 Å². The van der Waals surface area contributed by atoms with Crippen LogP contribution in [0.2, 0.25) is 0 Å². The molecule has 0 saturated heterocycles. The minimum absolute atomic E-state index is 0.248. The van der Waals surface area contributed by atoms with Crippen molar-refractivity contribution in [3.8, 4) is 0 Å². The molecule has 0 aromatic heterocycles. The van der Waals surface area contributed by atoms with E-state index in [1.54, 1.807) is 0 Å². The molecule has 0 bridgehead atoms. The summed E-state index contributed by atoms with van der Waals surface area (Å²) in [5.74, 6) is 0.733. The SMILES string of the molecule is CCC(C)(C)C(C)CNC(C)(C)C. The molecule has 1 atom stereocenters. The molecule has 0 heterocycles. The van der Waals surface area contributed by atoms with Gasteiger partial charge in [-0.1, -0.05) is 34.1 Å². The van der Waals surface area contributed by atoms with Gasteiger partial charge in [0.2, 0.25) is 0 Å². The van der Waals surface area contributed by atoms with Gasteiger partial charge in [-0.3, -0.25) is 0 Å². The molecule has 0 fully saturated rings. The van der Waals surface area contributed by atoms with Gasteiger partial charge in [-0.05, 0) is 38.6 Å². The van der Waals surface area contributed by atoms with Crippen molar-refractivity contribution in [2.45, 2.75) is 60.4 Å². The van der Waals surface area contributed by atoms with Crippen LogP contribution < -0.4 is 5.32 Å². The highest BCUT2D eigenvalue weighted by Crippen LogP contribution is 2.29. The molecule has 0 aromatic rings. The van der Waals surface area contributed by atoms with Gasteiger partial charge in [-0.15, -0.1) is 0 Å². The van der Waals surface area contributed by atoms with Gasteiger partial charge in [0.15, 0.2) is 0 Å². The van der Waals surface area contributed by atoms with Crippen LogP contribution in [0.3, 0.4) is 0 Å². The van der Waals surface area contributed by atoms with Crippen LogP contribution >= 0.6 is 0 Å². The second-order valence-electron chi connectivity index (χ2n) is 5.87. The molecule has 1 heteroatoms. The summed E-state index contributed by atoms with van der Waals surface area (Å²) in [6.45, 7) is 17.1. The number of nitrogens with one attached hydrogen (secondary N) is 1. The first-order chi connectivity index (χ1) is 5.69. The molecule has 0 aliphatic rings. The molecule has 1 nitrogen and oxygen atoms in total. The molecule has 0 saturated carbocycles. The van der Waals surface area contributed by atoms with Crippen molar-refractivity contribution in [2.24, 2.45) is 11.3 Å². The smallest absolute Gasteiger partial charge is 0.00966 e. The number of hydrogen-bond acceptors (Lipinski definition) is 1. The second kappa shape index (κ2) is 4.45. The van der Waals surface area contributed by atoms with Crippen molar-refractivity contribution in [2.75, 3.05) is 6.54 Å². The molecule has 13 heavy (non-hydrogen) atoms. The van der Waals surface area contributed by atoms with E-state index in [9.17, 15) is 0 Å². The Kier molecular flexibility index (Phi) is 4.44.